The van der Waals surface area contributed by atoms with E-state index in [0.29, 0.717) is 25.4 Å². The zero-order valence-electron chi connectivity index (χ0n) is 14.3. The average Bonchev–Trinajstić information content (AvgIpc) is 3.15. The van der Waals surface area contributed by atoms with Crippen LogP contribution >= 0.6 is 0 Å². The van der Waals surface area contributed by atoms with Gasteiger partial charge in [0.25, 0.3) is 5.91 Å². The van der Waals surface area contributed by atoms with E-state index in [2.05, 4.69) is 16.7 Å². The first-order chi connectivity index (χ1) is 12.1. The third-order valence-electron chi connectivity index (χ3n) is 4.38. The zero-order chi connectivity index (χ0) is 17.6. The molecule has 2 N–H and O–H groups in total. The second-order valence-electron chi connectivity index (χ2n) is 6.36. The number of urea groups is 1. The molecule has 1 aromatic carbocycles. The van der Waals surface area contributed by atoms with Crippen molar-refractivity contribution in [3.05, 3.63) is 59.5 Å². The SMILES string of the molecule is Cc1cccc(CNC(=O)NC2CCN(C(=O)c3ccco3)CC2)c1. The molecule has 0 aliphatic carbocycles. The normalized spacial score (nSPS) is 15.0. The summed E-state index contributed by atoms with van der Waals surface area (Å²) in [6.45, 7) is 3.76. The maximum atomic E-state index is 12.2. The number of amides is 3. The molecular formula is C19H23N3O3. The molecule has 1 aliphatic heterocycles. The lowest BCUT2D eigenvalue weighted by Crippen LogP contribution is -2.49. The van der Waals surface area contributed by atoms with Crippen molar-refractivity contribution in [2.24, 2.45) is 0 Å². The standard InChI is InChI=1S/C19H23N3O3/c1-14-4-2-5-15(12-14)13-20-19(24)21-16-7-9-22(10-8-16)18(23)17-6-3-11-25-17/h2-6,11-12,16H,7-10,13H2,1H3,(H2,20,21,24). The smallest absolute Gasteiger partial charge is 0.315 e. The monoisotopic (exact) mass is 341 g/mol. The minimum Gasteiger partial charge on any atom is -0.459 e. The summed E-state index contributed by atoms with van der Waals surface area (Å²) in [5, 5.41) is 5.87. The van der Waals surface area contributed by atoms with E-state index in [1.807, 2.05) is 25.1 Å². The maximum Gasteiger partial charge on any atom is 0.315 e. The average molecular weight is 341 g/mol. The van der Waals surface area contributed by atoms with Gasteiger partial charge in [0.05, 0.1) is 6.26 Å². The van der Waals surface area contributed by atoms with E-state index < -0.39 is 0 Å². The molecule has 132 valence electrons. The highest BCUT2D eigenvalue weighted by Gasteiger charge is 2.25. The van der Waals surface area contributed by atoms with Gasteiger partial charge in [-0.05, 0) is 37.5 Å². The number of benzene rings is 1. The predicted molar refractivity (Wildman–Crippen MR) is 94.2 cm³/mol. The Labute approximate surface area is 147 Å². The van der Waals surface area contributed by atoms with E-state index in [9.17, 15) is 9.59 Å². The summed E-state index contributed by atoms with van der Waals surface area (Å²) < 4.78 is 5.15. The topological polar surface area (TPSA) is 74.6 Å². The van der Waals surface area contributed by atoms with Crippen LogP contribution in [-0.4, -0.2) is 36.0 Å². The molecule has 0 saturated carbocycles. The summed E-state index contributed by atoms with van der Waals surface area (Å²) in [5.74, 6) is 0.273. The van der Waals surface area contributed by atoms with Crippen LogP contribution in [0.15, 0.2) is 47.1 Å². The number of hydrogen-bond acceptors (Lipinski definition) is 3. The third-order valence-corrected chi connectivity index (χ3v) is 4.38. The van der Waals surface area contributed by atoms with E-state index in [1.54, 1.807) is 17.0 Å². The fraction of sp³-hybridized carbons (Fsp3) is 0.368. The van der Waals surface area contributed by atoms with Crippen LogP contribution in [0.4, 0.5) is 4.79 Å². The number of furan rings is 1. The lowest BCUT2D eigenvalue weighted by molar-refractivity contribution is 0.0676. The molecule has 2 aromatic rings. The summed E-state index contributed by atoms with van der Waals surface area (Å²) in [6.07, 6.45) is 2.98. The molecule has 0 unspecified atom stereocenters. The van der Waals surface area contributed by atoms with Crippen LogP contribution in [0.25, 0.3) is 0 Å². The van der Waals surface area contributed by atoms with E-state index in [4.69, 9.17) is 4.42 Å². The quantitative estimate of drug-likeness (QED) is 0.898. The van der Waals surface area contributed by atoms with Crippen LogP contribution in [0.2, 0.25) is 0 Å². The van der Waals surface area contributed by atoms with Crippen molar-refractivity contribution in [2.45, 2.75) is 32.4 Å². The van der Waals surface area contributed by atoms with Crippen molar-refractivity contribution in [2.75, 3.05) is 13.1 Å². The highest BCUT2D eigenvalue weighted by atomic mass is 16.3. The highest BCUT2D eigenvalue weighted by Crippen LogP contribution is 2.14. The Morgan fingerprint density at radius 2 is 2.00 bits per heavy atom. The number of aryl methyl sites for hydroxylation is 1. The number of likely N-dealkylation sites (tertiary alicyclic amines) is 1. The van der Waals surface area contributed by atoms with E-state index >= 15 is 0 Å². The molecule has 1 aliphatic rings. The van der Waals surface area contributed by atoms with Crippen molar-refractivity contribution in [1.82, 2.24) is 15.5 Å². The van der Waals surface area contributed by atoms with Gasteiger partial charge in [0.1, 0.15) is 0 Å². The number of rotatable bonds is 4. The molecule has 0 radical (unpaired) electrons. The van der Waals surface area contributed by atoms with Gasteiger partial charge in [0, 0.05) is 25.7 Å². The number of carbonyl (C=O) groups is 2. The molecule has 6 heteroatoms. The highest BCUT2D eigenvalue weighted by molar-refractivity contribution is 5.91. The minimum atomic E-state index is -0.169. The Hall–Kier alpha value is -2.76. The van der Waals surface area contributed by atoms with E-state index in [0.717, 1.165) is 18.4 Å². The summed E-state index contributed by atoms with van der Waals surface area (Å²) in [7, 11) is 0. The van der Waals surface area contributed by atoms with Gasteiger partial charge >= 0.3 is 6.03 Å². The van der Waals surface area contributed by atoms with Crippen LogP contribution in [0, 0.1) is 6.92 Å². The third kappa shape index (κ3) is 4.62. The summed E-state index contributed by atoms with van der Waals surface area (Å²) in [5.41, 5.74) is 2.25. The zero-order valence-corrected chi connectivity index (χ0v) is 14.3. The van der Waals surface area contributed by atoms with Crippen LogP contribution in [0.5, 0.6) is 0 Å². The number of carbonyl (C=O) groups excluding carboxylic acids is 2. The lowest BCUT2D eigenvalue weighted by atomic mass is 10.0. The van der Waals surface area contributed by atoms with E-state index in [1.165, 1.54) is 11.8 Å². The summed E-state index contributed by atoms with van der Waals surface area (Å²) in [4.78, 5) is 26.0. The Morgan fingerprint density at radius 3 is 2.68 bits per heavy atom. The second kappa shape index (κ2) is 7.88. The fourth-order valence-electron chi connectivity index (χ4n) is 3.02. The number of piperidine rings is 1. The molecular weight excluding hydrogens is 318 g/mol. The lowest BCUT2D eigenvalue weighted by Gasteiger charge is -2.31. The van der Waals surface area contributed by atoms with Gasteiger partial charge in [-0.1, -0.05) is 29.8 Å². The summed E-state index contributed by atoms with van der Waals surface area (Å²) in [6, 6.07) is 11.4. The largest absolute Gasteiger partial charge is 0.459 e. The number of nitrogens with zero attached hydrogens (tertiary/aromatic N) is 1. The molecule has 1 fully saturated rings. The molecule has 3 rings (SSSR count). The molecule has 1 aromatic heterocycles. The maximum absolute atomic E-state index is 12.2. The second-order valence-corrected chi connectivity index (χ2v) is 6.36. The van der Waals surface area contributed by atoms with Crippen LogP contribution in [0.1, 0.15) is 34.5 Å². The molecule has 2 heterocycles. The molecule has 0 bridgehead atoms. The first-order valence-corrected chi connectivity index (χ1v) is 8.54. The molecule has 0 atom stereocenters. The first-order valence-electron chi connectivity index (χ1n) is 8.54. The van der Waals surface area contributed by atoms with Gasteiger partial charge in [-0.2, -0.15) is 0 Å². The van der Waals surface area contributed by atoms with Crippen molar-refractivity contribution in [1.29, 1.82) is 0 Å². The Morgan fingerprint density at radius 1 is 1.20 bits per heavy atom. The van der Waals surface area contributed by atoms with Crippen molar-refractivity contribution >= 4 is 11.9 Å². The summed E-state index contributed by atoms with van der Waals surface area (Å²) >= 11 is 0. The van der Waals surface area contributed by atoms with Gasteiger partial charge in [-0.3, -0.25) is 4.79 Å². The number of hydrogen-bond donors (Lipinski definition) is 2. The van der Waals surface area contributed by atoms with Crippen LogP contribution in [-0.2, 0) is 6.54 Å². The predicted octanol–water partition coefficient (Wildman–Crippen LogP) is 2.69. The molecule has 6 nitrogen and oxygen atoms in total. The molecule has 3 amide bonds. The van der Waals surface area contributed by atoms with Gasteiger partial charge in [0.15, 0.2) is 5.76 Å². The minimum absolute atomic E-state index is 0.0816. The fourth-order valence-corrected chi connectivity index (χ4v) is 3.02. The molecule has 0 spiro atoms. The first kappa shape index (κ1) is 17.1. The van der Waals surface area contributed by atoms with Crippen molar-refractivity contribution < 1.29 is 14.0 Å². The Balaban J connectivity index is 1.41. The van der Waals surface area contributed by atoms with Crippen LogP contribution < -0.4 is 10.6 Å². The van der Waals surface area contributed by atoms with Crippen LogP contribution in [0.3, 0.4) is 0 Å². The number of nitrogens with one attached hydrogen (secondary N) is 2. The Kier molecular flexibility index (Phi) is 5.38. The molecule has 25 heavy (non-hydrogen) atoms. The Bertz CT molecular complexity index is 719. The van der Waals surface area contributed by atoms with E-state index in [-0.39, 0.29) is 18.0 Å². The van der Waals surface area contributed by atoms with Gasteiger partial charge < -0.3 is 20.0 Å². The van der Waals surface area contributed by atoms with Gasteiger partial charge in [-0.25, -0.2) is 4.79 Å². The van der Waals surface area contributed by atoms with Gasteiger partial charge in [0.2, 0.25) is 0 Å². The molecule has 1 saturated heterocycles. The van der Waals surface area contributed by atoms with Crippen molar-refractivity contribution in [3.63, 3.8) is 0 Å². The van der Waals surface area contributed by atoms with Crippen molar-refractivity contribution in [3.8, 4) is 0 Å². The van der Waals surface area contributed by atoms with Gasteiger partial charge in [-0.15, -0.1) is 0 Å².